The maximum absolute atomic E-state index is 13.1. The molecule has 2 aliphatic rings. The zero-order chi connectivity index (χ0) is 21.6. The quantitative estimate of drug-likeness (QED) is 0.736. The molecule has 9 nitrogen and oxygen atoms in total. The highest BCUT2D eigenvalue weighted by Gasteiger charge is 2.36. The lowest BCUT2D eigenvalue weighted by molar-refractivity contribution is -0.141. The number of aliphatic carboxylic acids is 1. The highest BCUT2D eigenvalue weighted by Crippen LogP contribution is 2.34. The Bertz CT molecular complexity index is 1160. The highest BCUT2D eigenvalue weighted by atomic mass is 32.2. The standard InChI is InChI=1S/C20H18N2O7S/c23-18-10-14(20(26)27)11-21(18)15-2-4-16(5-3-15)30(28,29)22-8-7-12-9-13(19(24)25)1-6-17(12)22/h1-6,9,14H,7-8,10-11H2,(H,24,25)(H,26,27). The monoisotopic (exact) mass is 430 g/mol. The molecule has 2 aromatic rings. The number of benzene rings is 2. The molecule has 0 bridgehead atoms. The van der Waals surface area contributed by atoms with Crippen LogP contribution in [0.15, 0.2) is 47.4 Å². The first-order chi connectivity index (χ1) is 14.2. The molecule has 2 aliphatic heterocycles. The Hall–Kier alpha value is -3.40. The van der Waals surface area contributed by atoms with Gasteiger partial charge >= 0.3 is 11.9 Å². The number of sulfonamides is 1. The summed E-state index contributed by atoms with van der Waals surface area (Å²) in [7, 11) is -3.87. The number of carbonyl (C=O) groups is 3. The largest absolute Gasteiger partial charge is 0.481 e. The number of carboxylic acid groups (broad SMARTS) is 2. The second-order valence-electron chi connectivity index (χ2n) is 7.21. The first-order valence-corrected chi connectivity index (χ1v) is 10.6. The summed E-state index contributed by atoms with van der Waals surface area (Å²) in [6, 6.07) is 10.1. The van der Waals surface area contributed by atoms with Gasteiger partial charge in [-0.25, -0.2) is 13.2 Å². The third-order valence-corrected chi connectivity index (χ3v) is 7.22. The minimum absolute atomic E-state index is 0.0304. The van der Waals surface area contributed by atoms with Crippen molar-refractivity contribution in [1.82, 2.24) is 0 Å². The lowest BCUT2D eigenvalue weighted by atomic mass is 10.1. The molecule has 30 heavy (non-hydrogen) atoms. The first-order valence-electron chi connectivity index (χ1n) is 9.20. The van der Waals surface area contributed by atoms with Crippen molar-refractivity contribution < 1.29 is 33.0 Å². The van der Waals surface area contributed by atoms with Crippen LogP contribution in [-0.4, -0.2) is 49.6 Å². The molecule has 1 unspecified atom stereocenters. The van der Waals surface area contributed by atoms with E-state index in [2.05, 4.69) is 0 Å². The van der Waals surface area contributed by atoms with Gasteiger partial charge in [0.05, 0.1) is 22.1 Å². The highest BCUT2D eigenvalue weighted by molar-refractivity contribution is 7.92. The van der Waals surface area contributed by atoms with Crippen LogP contribution in [0.4, 0.5) is 11.4 Å². The van der Waals surface area contributed by atoms with Crippen molar-refractivity contribution in [3.63, 3.8) is 0 Å². The Morgan fingerprint density at radius 1 is 1.03 bits per heavy atom. The number of hydrogen-bond donors (Lipinski definition) is 2. The lowest BCUT2D eigenvalue weighted by Gasteiger charge is -2.21. The fourth-order valence-electron chi connectivity index (χ4n) is 3.80. The molecule has 1 fully saturated rings. The second-order valence-corrected chi connectivity index (χ2v) is 9.08. The molecule has 4 rings (SSSR count). The molecule has 0 saturated carbocycles. The second kappa shape index (κ2) is 7.13. The number of anilines is 2. The molecule has 1 saturated heterocycles. The van der Waals surface area contributed by atoms with Crippen molar-refractivity contribution in [1.29, 1.82) is 0 Å². The summed E-state index contributed by atoms with van der Waals surface area (Å²) >= 11 is 0. The summed E-state index contributed by atoms with van der Waals surface area (Å²) in [5.41, 5.74) is 1.64. The zero-order valence-electron chi connectivity index (χ0n) is 15.7. The Labute approximate surface area is 172 Å². The number of nitrogens with zero attached hydrogens (tertiary/aromatic N) is 2. The number of hydrogen-bond acceptors (Lipinski definition) is 5. The van der Waals surface area contributed by atoms with Crippen molar-refractivity contribution >= 4 is 39.2 Å². The van der Waals surface area contributed by atoms with Crippen LogP contribution in [0.2, 0.25) is 0 Å². The molecular weight excluding hydrogens is 412 g/mol. The summed E-state index contributed by atoms with van der Waals surface area (Å²) in [5.74, 6) is -3.21. The van der Waals surface area contributed by atoms with Crippen molar-refractivity contribution in [3.8, 4) is 0 Å². The molecule has 0 aliphatic carbocycles. The molecule has 10 heteroatoms. The van der Waals surface area contributed by atoms with Crippen LogP contribution >= 0.6 is 0 Å². The Morgan fingerprint density at radius 2 is 1.73 bits per heavy atom. The summed E-state index contributed by atoms with van der Waals surface area (Å²) in [5, 5.41) is 18.2. The predicted molar refractivity (Wildman–Crippen MR) is 106 cm³/mol. The number of carboxylic acids is 2. The van der Waals surface area contributed by atoms with Crippen molar-refractivity contribution in [3.05, 3.63) is 53.6 Å². The van der Waals surface area contributed by atoms with Crippen LogP contribution in [0.25, 0.3) is 0 Å². The molecule has 1 atom stereocenters. The van der Waals surface area contributed by atoms with Crippen LogP contribution in [0.5, 0.6) is 0 Å². The predicted octanol–water partition coefficient (Wildman–Crippen LogP) is 1.57. The summed E-state index contributed by atoms with van der Waals surface area (Å²) in [4.78, 5) is 35.7. The Balaban J connectivity index is 1.59. The van der Waals surface area contributed by atoms with Gasteiger partial charge in [0.25, 0.3) is 10.0 Å². The van der Waals surface area contributed by atoms with Crippen LogP contribution < -0.4 is 9.21 Å². The maximum Gasteiger partial charge on any atom is 0.335 e. The summed E-state index contributed by atoms with van der Waals surface area (Å²) in [6.45, 7) is 0.249. The van der Waals surface area contributed by atoms with Crippen molar-refractivity contribution in [2.75, 3.05) is 22.3 Å². The fraction of sp³-hybridized carbons (Fsp3) is 0.250. The summed E-state index contributed by atoms with van der Waals surface area (Å²) in [6.07, 6.45) is 0.324. The zero-order valence-corrected chi connectivity index (χ0v) is 16.5. The molecule has 0 aromatic heterocycles. The van der Waals surface area contributed by atoms with E-state index < -0.39 is 27.9 Å². The van der Waals surface area contributed by atoms with E-state index in [4.69, 9.17) is 10.2 Å². The molecule has 2 aromatic carbocycles. The number of rotatable bonds is 5. The van der Waals surface area contributed by atoms with Crippen molar-refractivity contribution in [2.24, 2.45) is 5.92 Å². The maximum atomic E-state index is 13.1. The van der Waals surface area contributed by atoms with Crippen LogP contribution in [0.1, 0.15) is 22.3 Å². The topological polar surface area (TPSA) is 132 Å². The van der Waals surface area contributed by atoms with Gasteiger partial charge in [0.2, 0.25) is 5.91 Å². The fourth-order valence-corrected chi connectivity index (χ4v) is 5.31. The van der Waals surface area contributed by atoms with E-state index in [0.29, 0.717) is 23.4 Å². The molecule has 0 spiro atoms. The van der Waals surface area contributed by atoms with Crippen LogP contribution in [0.3, 0.4) is 0 Å². The van der Waals surface area contributed by atoms with Gasteiger partial charge in [0, 0.05) is 25.2 Å². The summed E-state index contributed by atoms with van der Waals surface area (Å²) < 4.78 is 27.5. The van der Waals surface area contributed by atoms with Gasteiger partial charge in [-0.1, -0.05) is 0 Å². The minimum Gasteiger partial charge on any atom is -0.481 e. The van der Waals surface area contributed by atoms with Gasteiger partial charge in [-0.15, -0.1) is 0 Å². The first kappa shape index (κ1) is 19.9. The van der Waals surface area contributed by atoms with Gasteiger partial charge in [-0.3, -0.25) is 13.9 Å². The number of amides is 1. The van der Waals surface area contributed by atoms with Crippen LogP contribution in [0, 0.1) is 5.92 Å². The number of aromatic carboxylic acids is 1. The van der Waals surface area contributed by atoms with E-state index in [1.54, 1.807) is 0 Å². The van der Waals surface area contributed by atoms with Gasteiger partial charge in [-0.05, 0) is 54.4 Å². The molecule has 0 radical (unpaired) electrons. The molecule has 156 valence electrons. The van der Waals surface area contributed by atoms with Gasteiger partial charge < -0.3 is 15.1 Å². The lowest BCUT2D eigenvalue weighted by Crippen LogP contribution is -2.29. The molecule has 2 N–H and O–H groups in total. The van der Waals surface area contributed by atoms with Gasteiger partial charge in [0.15, 0.2) is 0 Å². The van der Waals surface area contributed by atoms with Gasteiger partial charge in [-0.2, -0.15) is 0 Å². The molecular formula is C20H18N2O7S. The van der Waals surface area contributed by atoms with E-state index >= 15 is 0 Å². The van der Waals surface area contributed by atoms with E-state index in [1.165, 1.54) is 51.7 Å². The SMILES string of the molecule is O=C(O)c1ccc2c(c1)CCN2S(=O)(=O)c1ccc(N2CC(C(=O)O)CC2=O)cc1. The molecule has 2 heterocycles. The van der Waals surface area contributed by atoms with E-state index in [1.807, 2.05) is 0 Å². The minimum atomic E-state index is -3.87. The average molecular weight is 430 g/mol. The van der Waals surface area contributed by atoms with E-state index in [9.17, 15) is 22.8 Å². The van der Waals surface area contributed by atoms with Crippen molar-refractivity contribution in [2.45, 2.75) is 17.7 Å². The van der Waals surface area contributed by atoms with Crippen LogP contribution in [-0.2, 0) is 26.0 Å². The third-order valence-electron chi connectivity index (χ3n) is 5.39. The normalized spacial score (nSPS) is 18.5. The Morgan fingerprint density at radius 3 is 2.33 bits per heavy atom. The number of carbonyl (C=O) groups excluding carboxylic acids is 1. The third kappa shape index (κ3) is 3.28. The number of fused-ring (bicyclic) bond motifs is 1. The molecule has 1 amide bonds. The average Bonchev–Trinajstić information content (AvgIpc) is 3.31. The van der Waals surface area contributed by atoms with E-state index in [0.717, 1.165) is 0 Å². The van der Waals surface area contributed by atoms with Gasteiger partial charge in [0.1, 0.15) is 0 Å². The Kier molecular flexibility index (Phi) is 4.73. The van der Waals surface area contributed by atoms with E-state index in [-0.39, 0.29) is 35.9 Å². The smallest absolute Gasteiger partial charge is 0.335 e.